The van der Waals surface area contributed by atoms with Crippen LogP contribution in [0, 0.1) is 11.2 Å². The van der Waals surface area contributed by atoms with Crippen molar-refractivity contribution in [2.24, 2.45) is 5.41 Å². The number of rotatable bonds is 5. The van der Waals surface area contributed by atoms with E-state index in [0.29, 0.717) is 56.6 Å². The Kier molecular flexibility index (Phi) is 5.41. The van der Waals surface area contributed by atoms with Gasteiger partial charge in [0, 0.05) is 44.4 Å². The normalized spacial score (nSPS) is 21.4. The first kappa shape index (κ1) is 19.0. The fourth-order valence-corrected chi connectivity index (χ4v) is 4.22. The SMILES string of the molecule is COCCC(=O)N1CC(c2nc(-c3ccc(F)cc3)no2)C2(CCOCC2)C1. The Morgan fingerprint density at radius 1 is 1.32 bits per heavy atom. The molecule has 1 spiro atoms. The molecule has 150 valence electrons. The van der Waals surface area contributed by atoms with Gasteiger partial charge in [0.1, 0.15) is 5.82 Å². The number of carbonyl (C=O) groups excluding carboxylic acids is 1. The van der Waals surface area contributed by atoms with Gasteiger partial charge in [-0.15, -0.1) is 0 Å². The van der Waals surface area contributed by atoms with Crippen molar-refractivity contribution in [1.82, 2.24) is 15.0 Å². The third-order valence-corrected chi connectivity index (χ3v) is 5.85. The molecule has 1 aromatic heterocycles. The highest BCUT2D eigenvalue weighted by Crippen LogP contribution is 2.49. The van der Waals surface area contributed by atoms with Crippen molar-refractivity contribution in [2.75, 3.05) is 40.0 Å². The Morgan fingerprint density at radius 3 is 2.79 bits per heavy atom. The molecule has 1 aromatic carbocycles. The molecule has 0 aliphatic carbocycles. The smallest absolute Gasteiger partial charge is 0.232 e. The van der Waals surface area contributed by atoms with Crippen LogP contribution in [0.15, 0.2) is 28.8 Å². The van der Waals surface area contributed by atoms with Crippen LogP contribution in [0.2, 0.25) is 0 Å². The maximum absolute atomic E-state index is 13.2. The first-order valence-corrected chi connectivity index (χ1v) is 9.55. The lowest BCUT2D eigenvalue weighted by atomic mass is 9.72. The molecule has 2 saturated heterocycles. The molecule has 3 heterocycles. The van der Waals surface area contributed by atoms with E-state index < -0.39 is 0 Å². The van der Waals surface area contributed by atoms with Gasteiger partial charge in [0.15, 0.2) is 0 Å². The molecule has 2 aromatic rings. The Hall–Kier alpha value is -2.32. The van der Waals surface area contributed by atoms with E-state index in [9.17, 15) is 9.18 Å². The molecule has 1 amide bonds. The topological polar surface area (TPSA) is 77.7 Å². The van der Waals surface area contributed by atoms with Gasteiger partial charge in [-0.2, -0.15) is 4.98 Å². The van der Waals surface area contributed by atoms with Crippen molar-refractivity contribution in [2.45, 2.75) is 25.2 Å². The average molecular weight is 389 g/mol. The highest BCUT2D eigenvalue weighted by Gasteiger charge is 2.51. The molecule has 28 heavy (non-hydrogen) atoms. The number of likely N-dealkylation sites (tertiary alicyclic amines) is 1. The summed E-state index contributed by atoms with van der Waals surface area (Å²) >= 11 is 0. The Bertz CT molecular complexity index is 817. The van der Waals surface area contributed by atoms with Gasteiger partial charge in [-0.25, -0.2) is 4.39 Å². The van der Waals surface area contributed by atoms with Crippen LogP contribution < -0.4 is 0 Å². The van der Waals surface area contributed by atoms with Gasteiger partial charge in [-0.3, -0.25) is 4.79 Å². The van der Waals surface area contributed by atoms with Crippen LogP contribution in [-0.2, 0) is 14.3 Å². The number of amides is 1. The molecule has 0 bridgehead atoms. The van der Waals surface area contributed by atoms with Crippen LogP contribution in [0.3, 0.4) is 0 Å². The first-order valence-electron chi connectivity index (χ1n) is 9.55. The van der Waals surface area contributed by atoms with Crippen molar-refractivity contribution in [1.29, 1.82) is 0 Å². The number of ether oxygens (including phenoxy) is 2. The first-order chi connectivity index (χ1) is 13.6. The summed E-state index contributed by atoms with van der Waals surface area (Å²) in [7, 11) is 1.59. The third kappa shape index (κ3) is 3.66. The number of halogens is 1. The molecule has 7 nitrogen and oxygen atoms in total. The van der Waals surface area contributed by atoms with Crippen LogP contribution in [0.4, 0.5) is 4.39 Å². The molecule has 0 N–H and O–H groups in total. The number of benzene rings is 1. The summed E-state index contributed by atoms with van der Waals surface area (Å²) in [6.07, 6.45) is 2.06. The Morgan fingerprint density at radius 2 is 2.07 bits per heavy atom. The van der Waals surface area contributed by atoms with Crippen molar-refractivity contribution in [3.05, 3.63) is 36.0 Å². The number of hydrogen-bond donors (Lipinski definition) is 0. The fraction of sp³-hybridized carbons (Fsp3) is 0.550. The van der Waals surface area contributed by atoms with Crippen molar-refractivity contribution >= 4 is 5.91 Å². The maximum atomic E-state index is 13.2. The van der Waals surface area contributed by atoms with Gasteiger partial charge in [0.25, 0.3) is 0 Å². The summed E-state index contributed by atoms with van der Waals surface area (Å²) < 4.78 is 29.4. The molecule has 4 rings (SSSR count). The molecule has 2 aliphatic heterocycles. The number of methoxy groups -OCH3 is 1. The van der Waals surface area contributed by atoms with Gasteiger partial charge < -0.3 is 18.9 Å². The second-order valence-corrected chi connectivity index (χ2v) is 7.51. The highest BCUT2D eigenvalue weighted by atomic mass is 19.1. The van der Waals surface area contributed by atoms with Crippen molar-refractivity contribution in [3.63, 3.8) is 0 Å². The zero-order valence-electron chi connectivity index (χ0n) is 15.9. The minimum atomic E-state index is -0.311. The molecule has 2 aliphatic rings. The van der Waals surface area contributed by atoms with Crippen LogP contribution >= 0.6 is 0 Å². The lowest BCUT2D eigenvalue weighted by Crippen LogP contribution is -2.37. The molecule has 1 unspecified atom stereocenters. The zero-order valence-corrected chi connectivity index (χ0v) is 15.9. The van der Waals surface area contributed by atoms with E-state index in [1.807, 2.05) is 4.90 Å². The van der Waals surface area contributed by atoms with Crippen LogP contribution in [0.1, 0.15) is 31.1 Å². The van der Waals surface area contributed by atoms with Crippen molar-refractivity contribution < 1.29 is 23.2 Å². The summed E-state index contributed by atoms with van der Waals surface area (Å²) in [6, 6.07) is 6.00. The quantitative estimate of drug-likeness (QED) is 0.782. The van der Waals surface area contributed by atoms with Crippen molar-refractivity contribution in [3.8, 4) is 11.4 Å². The van der Waals surface area contributed by atoms with E-state index in [2.05, 4.69) is 10.1 Å². The lowest BCUT2D eigenvalue weighted by molar-refractivity contribution is -0.131. The zero-order chi connectivity index (χ0) is 19.6. The van der Waals surface area contributed by atoms with E-state index >= 15 is 0 Å². The summed E-state index contributed by atoms with van der Waals surface area (Å²) in [5.74, 6) is 0.692. The number of hydrogen-bond acceptors (Lipinski definition) is 6. The van der Waals surface area contributed by atoms with Crippen LogP contribution in [-0.4, -0.2) is 61.0 Å². The summed E-state index contributed by atoms with van der Waals surface area (Å²) in [6.45, 7) is 2.95. The second-order valence-electron chi connectivity index (χ2n) is 7.51. The van der Waals surface area contributed by atoms with E-state index in [1.165, 1.54) is 12.1 Å². The minimum absolute atomic E-state index is 0.0374. The van der Waals surface area contributed by atoms with Crippen LogP contribution in [0.25, 0.3) is 11.4 Å². The van der Waals surface area contributed by atoms with Crippen LogP contribution in [0.5, 0.6) is 0 Å². The molecule has 0 saturated carbocycles. The lowest BCUT2D eigenvalue weighted by Gasteiger charge is -2.36. The minimum Gasteiger partial charge on any atom is -0.384 e. The molecule has 2 fully saturated rings. The number of carbonyl (C=O) groups is 1. The Labute approximate surface area is 162 Å². The molecular weight excluding hydrogens is 365 g/mol. The summed E-state index contributed by atoms with van der Waals surface area (Å²) in [5.41, 5.74) is 0.580. The van der Waals surface area contributed by atoms with Gasteiger partial charge >= 0.3 is 0 Å². The van der Waals surface area contributed by atoms with Gasteiger partial charge in [0.05, 0.1) is 18.9 Å². The molecule has 0 radical (unpaired) electrons. The highest BCUT2D eigenvalue weighted by molar-refractivity contribution is 5.77. The predicted octanol–water partition coefficient (Wildman–Crippen LogP) is 2.63. The van der Waals surface area contributed by atoms with Gasteiger partial charge in [-0.1, -0.05) is 5.16 Å². The maximum Gasteiger partial charge on any atom is 0.232 e. The number of nitrogens with zero attached hydrogens (tertiary/aromatic N) is 3. The molecular formula is C20H24FN3O4. The second kappa shape index (κ2) is 7.97. The molecule has 8 heteroatoms. The third-order valence-electron chi connectivity index (χ3n) is 5.85. The van der Waals surface area contributed by atoms with Gasteiger partial charge in [0.2, 0.25) is 17.6 Å². The fourth-order valence-electron chi connectivity index (χ4n) is 4.22. The average Bonchev–Trinajstić information content (AvgIpc) is 3.33. The van der Waals surface area contributed by atoms with Gasteiger partial charge in [-0.05, 0) is 37.1 Å². The standard InChI is InChI=1S/C20H24FN3O4/c1-26-9-6-17(25)24-12-16(20(13-24)7-10-27-11-8-20)19-22-18(23-28-19)14-2-4-15(21)5-3-14/h2-5,16H,6-13H2,1H3. The largest absolute Gasteiger partial charge is 0.384 e. The Balaban J connectivity index is 1.59. The van der Waals surface area contributed by atoms with E-state index in [-0.39, 0.29) is 23.1 Å². The monoisotopic (exact) mass is 389 g/mol. The molecule has 1 atom stereocenters. The van der Waals surface area contributed by atoms with E-state index in [0.717, 1.165) is 12.8 Å². The predicted molar refractivity (Wildman–Crippen MR) is 98.0 cm³/mol. The number of aromatic nitrogens is 2. The van der Waals surface area contributed by atoms with E-state index in [4.69, 9.17) is 14.0 Å². The van der Waals surface area contributed by atoms with E-state index in [1.54, 1.807) is 19.2 Å². The summed E-state index contributed by atoms with van der Waals surface area (Å²) in [4.78, 5) is 19.1. The summed E-state index contributed by atoms with van der Waals surface area (Å²) in [5, 5.41) is 4.09.